The van der Waals surface area contributed by atoms with Gasteiger partial charge in [-0.05, 0) is 43.9 Å². The fraction of sp³-hybridized carbons (Fsp3) is 0.600. The van der Waals surface area contributed by atoms with Gasteiger partial charge in [0.1, 0.15) is 0 Å². The largest absolute Gasteiger partial charge is 0.395 e. The number of benzene rings is 1. The van der Waals surface area contributed by atoms with Crippen LogP contribution in [0.5, 0.6) is 0 Å². The zero-order valence-electron chi connectivity index (χ0n) is 11.1. The van der Waals surface area contributed by atoms with Crippen LogP contribution >= 0.6 is 0 Å². The molecule has 1 fully saturated rings. The molecule has 1 aromatic rings. The first-order valence-corrected chi connectivity index (χ1v) is 6.53. The zero-order chi connectivity index (χ0) is 12.4. The van der Waals surface area contributed by atoms with Crippen LogP contribution in [0.2, 0.25) is 0 Å². The molecule has 0 aliphatic carbocycles. The van der Waals surface area contributed by atoms with Gasteiger partial charge in [0.05, 0.1) is 6.61 Å². The quantitative estimate of drug-likeness (QED) is 0.867. The maximum absolute atomic E-state index is 9.47. The number of aryl methyl sites for hydroxylation is 2. The van der Waals surface area contributed by atoms with Crippen LogP contribution in [0, 0.1) is 19.8 Å². The van der Waals surface area contributed by atoms with Crippen LogP contribution in [-0.2, 0) is 6.54 Å². The first-order chi connectivity index (χ1) is 8.11. The Hall–Kier alpha value is -0.860. The number of aliphatic hydroxyl groups excluding tert-OH is 1. The molecule has 0 amide bonds. The van der Waals surface area contributed by atoms with Crippen molar-refractivity contribution in [1.82, 2.24) is 4.90 Å². The molecule has 2 unspecified atom stereocenters. The highest BCUT2D eigenvalue weighted by Gasteiger charge is 2.30. The molecule has 0 bridgehead atoms. The highest BCUT2D eigenvalue weighted by Crippen LogP contribution is 2.26. The molecule has 0 spiro atoms. The van der Waals surface area contributed by atoms with E-state index in [-0.39, 0.29) is 6.61 Å². The third-order valence-corrected chi connectivity index (χ3v) is 4.06. The average Bonchev–Trinajstić information content (AvgIpc) is 2.64. The minimum atomic E-state index is 0.284. The van der Waals surface area contributed by atoms with Crippen molar-refractivity contribution in [2.75, 3.05) is 13.2 Å². The van der Waals surface area contributed by atoms with Crippen LogP contribution in [0.4, 0.5) is 0 Å². The smallest absolute Gasteiger partial charge is 0.0589 e. The number of hydrogen-bond donors (Lipinski definition) is 1. The van der Waals surface area contributed by atoms with Crippen LogP contribution in [0.3, 0.4) is 0 Å². The van der Waals surface area contributed by atoms with Gasteiger partial charge in [0.25, 0.3) is 0 Å². The summed E-state index contributed by atoms with van der Waals surface area (Å²) in [5, 5.41) is 9.47. The van der Waals surface area contributed by atoms with Crippen molar-refractivity contribution in [3.8, 4) is 0 Å². The summed E-state index contributed by atoms with van der Waals surface area (Å²) >= 11 is 0. The summed E-state index contributed by atoms with van der Waals surface area (Å²) in [5.41, 5.74) is 4.07. The van der Waals surface area contributed by atoms with Gasteiger partial charge < -0.3 is 5.11 Å². The second-order valence-corrected chi connectivity index (χ2v) is 5.42. The fourth-order valence-electron chi connectivity index (χ4n) is 2.77. The van der Waals surface area contributed by atoms with Gasteiger partial charge in [-0.2, -0.15) is 0 Å². The van der Waals surface area contributed by atoms with Crippen molar-refractivity contribution in [3.63, 3.8) is 0 Å². The fourth-order valence-corrected chi connectivity index (χ4v) is 2.77. The highest BCUT2D eigenvalue weighted by molar-refractivity contribution is 5.30. The van der Waals surface area contributed by atoms with Gasteiger partial charge in [-0.15, -0.1) is 0 Å². The third kappa shape index (κ3) is 2.70. The molecule has 0 aromatic heterocycles. The van der Waals surface area contributed by atoms with E-state index in [1.165, 1.54) is 23.1 Å². The van der Waals surface area contributed by atoms with Gasteiger partial charge in [0, 0.05) is 12.6 Å². The molecule has 2 heteroatoms. The van der Waals surface area contributed by atoms with E-state index in [1.54, 1.807) is 0 Å². The Bertz CT molecular complexity index is 389. The van der Waals surface area contributed by atoms with Gasteiger partial charge >= 0.3 is 0 Å². The van der Waals surface area contributed by atoms with Crippen molar-refractivity contribution in [3.05, 3.63) is 34.9 Å². The van der Waals surface area contributed by atoms with Gasteiger partial charge in [0.15, 0.2) is 0 Å². The molecule has 2 atom stereocenters. The molecular formula is C15H23NO. The monoisotopic (exact) mass is 233 g/mol. The van der Waals surface area contributed by atoms with Crippen LogP contribution in [0.1, 0.15) is 30.0 Å². The summed E-state index contributed by atoms with van der Waals surface area (Å²) in [4.78, 5) is 2.42. The lowest BCUT2D eigenvalue weighted by Gasteiger charge is -2.25. The predicted molar refractivity (Wildman–Crippen MR) is 71.0 cm³/mol. The lowest BCUT2D eigenvalue weighted by molar-refractivity contribution is 0.134. The molecule has 1 saturated heterocycles. The zero-order valence-corrected chi connectivity index (χ0v) is 11.1. The number of likely N-dealkylation sites (tertiary alicyclic amines) is 1. The van der Waals surface area contributed by atoms with E-state index in [9.17, 15) is 5.11 Å². The lowest BCUT2D eigenvalue weighted by Crippen LogP contribution is -2.34. The third-order valence-electron chi connectivity index (χ3n) is 4.06. The number of hydrogen-bond acceptors (Lipinski definition) is 2. The van der Waals surface area contributed by atoms with E-state index in [1.807, 2.05) is 0 Å². The van der Waals surface area contributed by atoms with Crippen molar-refractivity contribution in [2.45, 2.75) is 39.8 Å². The first kappa shape index (κ1) is 12.6. The predicted octanol–water partition coefficient (Wildman–Crippen LogP) is 2.51. The van der Waals surface area contributed by atoms with Crippen molar-refractivity contribution < 1.29 is 5.11 Å². The highest BCUT2D eigenvalue weighted by atomic mass is 16.3. The minimum Gasteiger partial charge on any atom is -0.395 e. The molecule has 0 radical (unpaired) electrons. The Labute approximate surface area is 104 Å². The van der Waals surface area contributed by atoms with Crippen LogP contribution in [0.25, 0.3) is 0 Å². The number of nitrogens with zero attached hydrogens (tertiary/aromatic N) is 1. The summed E-state index contributed by atoms with van der Waals surface area (Å²) in [5.74, 6) is 0.616. The van der Waals surface area contributed by atoms with Crippen LogP contribution in [-0.4, -0.2) is 29.2 Å². The normalized spacial score (nSPS) is 25.4. The second-order valence-electron chi connectivity index (χ2n) is 5.42. The summed E-state index contributed by atoms with van der Waals surface area (Å²) in [7, 11) is 0. The van der Waals surface area contributed by atoms with Crippen LogP contribution in [0.15, 0.2) is 18.2 Å². The molecule has 1 aromatic carbocycles. The van der Waals surface area contributed by atoms with Gasteiger partial charge in [0.2, 0.25) is 0 Å². The molecular weight excluding hydrogens is 210 g/mol. The maximum atomic E-state index is 9.47. The van der Waals surface area contributed by atoms with Gasteiger partial charge in [-0.3, -0.25) is 4.90 Å². The molecule has 17 heavy (non-hydrogen) atoms. The molecule has 2 rings (SSSR count). The van der Waals surface area contributed by atoms with Crippen molar-refractivity contribution in [2.24, 2.45) is 5.92 Å². The first-order valence-electron chi connectivity index (χ1n) is 6.53. The Morgan fingerprint density at radius 3 is 2.82 bits per heavy atom. The number of aliphatic hydroxyl groups is 1. The van der Waals surface area contributed by atoms with E-state index < -0.39 is 0 Å². The average molecular weight is 233 g/mol. The van der Waals surface area contributed by atoms with E-state index in [0.29, 0.717) is 12.0 Å². The van der Waals surface area contributed by atoms with E-state index >= 15 is 0 Å². The van der Waals surface area contributed by atoms with Crippen molar-refractivity contribution >= 4 is 0 Å². The summed E-state index contributed by atoms with van der Waals surface area (Å²) in [6, 6.07) is 6.97. The topological polar surface area (TPSA) is 23.5 Å². The molecule has 2 nitrogen and oxygen atoms in total. The SMILES string of the molecule is Cc1ccc(C)c(CN2CCC(C)C2CO)c1. The van der Waals surface area contributed by atoms with Gasteiger partial charge in [-0.25, -0.2) is 0 Å². The van der Waals surface area contributed by atoms with E-state index in [0.717, 1.165) is 13.1 Å². The summed E-state index contributed by atoms with van der Waals surface area (Å²) in [6.07, 6.45) is 1.20. The van der Waals surface area contributed by atoms with E-state index in [2.05, 4.69) is 43.9 Å². The Balaban J connectivity index is 2.12. The molecule has 1 heterocycles. The van der Waals surface area contributed by atoms with Crippen LogP contribution < -0.4 is 0 Å². The summed E-state index contributed by atoms with van der Waals surface area (Å²) in [6.45, 7) is 8.92. The Kier molecular flexibility index (Phi) is 3.85. The second kappa shape index (κ2) is 5.19. The molecule has 1 N–H and O–H groups in total. The van der Waals surface area contributed by atoms with E-state index in [4.69, 9.17) is 0 Å². The minimum absolute atomic E-state index is 0.284. The molecule has 1 aliphatic heterocycles. The Morgan fingerprint density at radius 1 is 1.35 bits per heavy atom. The standard InChI is InChI=1S/C15H23NO/c1-11-4-5-12(2)14(8-11)9-16-7-6-13(3)15(16)10-17/h4-5,8,13,15,17H,6-7,9-10H2,1-3H3. The lowest BCUT2D eigenvalue weighted by atomic mass is 10.0. The van der Waals surface area contributed by atoms with Gasteiger partial charge in [-0.1, -0.05) is 30.7 Å². The maximum Gasteiger partial charge on any atom is 0.0589 e. The molecule has 0 saturated carbocycles. The van der Waals surface area contributed by atoms with Crippen molar-refractivity contribution in [1.29, 1.82) is 0 Å². The summed E-state index contributed by atoms with van der Waals surface area (Å²) < 4.78 is 0. The Morgan fingerprint density at radius 2 is 2.12 bits per heavy atom. The number of rotatable bonds is 3. The molecule has 1 aliphatic rings. The molecule has 94 valence electrons.